The van der Waals surface area contributed by atoms with Crippen molar-refractivity contribution in [2.75, 3.05) is 19.5 Å². The molecule has 0 fully saturated rings. The van der Waals surface area contributed by atoms with E-state index in [4.69, 9.17) is 27.9 Å². The highest BCUT2D eigenvalue weighted by molar-refractivity contribution is 7.99. The second-order valence-corrected chi connectivity index (χ2v) is 8.92. The summed E-state index contributed by atoms with van der Waals surface area (Å²) in [6.45, 7) is 4.09. The van der Waals surface area contributed by atoms with Crippen LogP contribution in [-0.2, 0) is 9.53 Å². The Morgan fingerprint density at radius 3 is 2.68 bits per heavy atom. The summed E-state index contributed by atoms with van der Waals surface area (Å²) in [5, 5.41) is 4.96. The van der Waals surface area contributed by atoms with Crippen molar-refractivity contribution in [3.63, 3.8) is 0 Å². The number of benzene rings is 2. The van der Waals surface area contributed by atoms with Crippen LogP contribution in [0, 0.1) is 0 Å². The van der Waals surface area contributed by atoms with Crippen LogP contribution in [0.25, 0.3) is 10.9 Å². The third-order valence-corrected chi connectivity index (χ3v) is 6.28. The van der Waals surface area contributed by atoms with Crippen LogP contribution in [-0.4, -0.2) is 34.9 Å². The van der Waals surface area contributed by atoms with E-state index in [9.17, 15) is 9.59 Å². The fourth-order valence-electron chi connectivity index (χ4n) is 3.28. The summed E-state index contributed by atoms with van der Waals surface area (Å²) in [7, 11) is 1.58. The molecule has 9 heteroatoms. The smallest absolute Gasteiger partial charge is 0.262 e. The molecule has 0 aliphatic heterocycles. The molecule has 1 heterocycles. The molecule has 1 N–H and O–H groups in total. The Hall–Kier alpha value is -2.06. The lowest BCUT2D eigenvalue weighted by atomic mass is 10.1. The number of hydrogen-bond acceptors (Lipinski definition) is 5. The Kier molecular flexibility index (Phi) is 8.00. The van der Waals surface area contributed by atoms with Gasteiger partial charge in [-0.15, -0.1) is 0 Å². The molecule has 3 aromatic rings. The van der Waals surface area contributed by atoms with E-state index in [1.807, 2.05) is 19.9 Å². The zero-order valence-corrected chi connectivity index (χ0v) is 19.7. The molecule has 0 radical (unpaired) electrons. The Bertz CT molecular complexity index is 1150. The molecule has 0 spiro atoms. The summed E-state index contributed by atoms with van der Waals surface area (Å²) in [6, 6.07) is 11.8. The van der Waals surface area contributed by atoms with Crippen molar-refractivity contribution in [3.8, 4) is 0 Å². The van der Waals surface area contributed by atoms with E-state index in [2.05, 4.69) is 10.3 Å². The number of aromatic nitrogens is 2. The summed E-state index contributed by atoms with van der Waals surface area (Å²) < 4.78 is 6.82. The van der Waals surface area contributed by atoms with Crippen LogP contribution in [0.1, 0.15) is 31.5 Å². The lowest BCUT2D eigenvalue weighted by molar-refractivity contribution is -0.119. The van der Waals surface area contributed by atoms with E-state index in [1.165, 1.54) is 11.8 Å². The topological polar surface area (TPSA) is 73.2 Å². The summed E-state index contributed by atoms with van der Waals surface area (Å²) >= 11 is 13.4. The van der Waals surface area contributed by atoms with Crippen molar-refractivity contribution in [2.45, 2.75) is 31.1 Å². The highest BCUT2D eigenvalue weighted by Gasteiger charge is 2.19. The number of nitrogens with zero attached hydrogens (tertiary/aromatic N) is 2. The van der Waals surface area contributed by atoms with Gasteiger partial charge in [0, 0.05) is 17.2 Å². The molecule has 2 unspecified atom stereocenters. The van der Waals surface area contributed by atoms with Gasteiger partial charge in [0.25, 0.3) is 5.56 Å². The van der Waals surface area contributed by atoms with Gasteiger partial charge in [0.05, 0.1) is 35.3 Å². The average molecular weight is 480 g/mol. The number of hydrogen-bond donors (Lipinski definition) is 1. The molecule has 0 saturated heterocycles. The van der Waals surface area contributed by atoms with Crippen LogP contribution in [0.4, 0.5) is 0 Å². The van der Waals surface area contributed by atoms with E-state index < -0.39 is 0 Å². The number of ether oxygens (including phenoxy) is 1. The highest BCUT2D eigenvalue weighted by Crippen LogP contribution is 2.26. The quantitative estimate of drug-likeness (QED) is 0.368. The number of para-hydroxylation sites is 1. The third kappa shape index (κ3) is 5.60. The Morgan fingerprint density at radius 1 is 1.23 bits per heavy atom. The van der Waals surface area contributed by atoms with Crippen LogP contribution < -0.4 is 10.9 Å². The van der Waals surface area contributed by atoms with Crippen LogP contribution in [0.2, 0.25) is 10.0 Å². The average Bonchev–Trinajstić information content (AvgIpc) is 2.72. The summed E-state index contributed by atoms with van der Waals surface area (Å²) in [5.74, 6) is -0.100. The van der Waals surface area contributed by atoms with Crippen molar-refractivity contribution < 1.29 is 9.53 Å². The maximum atomic E-state index is 13.1. The number of carbonyl (C=O) groups excluding carboxylic acids is 1. The first kappa shape index (κ1) is 23.6. The maximum Gasteiger partial charge on any atom is 0.262 e. The second-order valence-electron chi connectivity index (χ2n) is 7.13. The molecule has 0 aliphatic rings. The Labute approximate surface area is 194 Å². The van der Waals surface area contributed by atoms with Crippen LogP contribution >= 0.6 is 35.0 Å². The number of methoxy groups -OCH3 is 1. The lowest BCUT2D eigenvalue weighted by Gasteiger charge is -2.19. The van der Waals surface area contributed by atoms with Gasteiger partial charge in [-0.3, -0.25) is 14.2 Å². The molecule has 2 atom stereocenters. The number of rotatable bonds is 8. The zero-order chi connectivity index (χ0) is 22.5. The molecule has 0 saturated carbocycles. The molecule has 31 heavy (non-hydrogen) atoms. The minimum Gasteiger partial charge on any atom is -0.383 e. The van der Waals surface area contributed by atoms with E-state index in [0.29, 0.717) is 32.7 Å². The van der Waals surface area contributed by atoms with Gasteiger partial charge in [-0.05, 0) is 43.7 Å². The molecule has 164 valence electrons. The van der Waals surface area contributed by atoms with E-state index in [1.54, 1.807) is 48.1 Å². The van der Waals surface area contributed by atoms with Gasteiger partial charge in [-0.25, -0.2) is 4.98 Å². The van der Waals surface area contributed by atoms with Gasteiger partial charge in [0.2, 0.25) is 5.91 Å². The first-order valence-electron chi connectivity index (χ1n) is 9.69. The molecule has 1 amide bonds. The van der Waals surface area contributed by atoms with Crippen molar-refractivity contribution in [1.82, 2.24) is 14.9 Å². The molecule has 1 aromatic heterocycles. The van der Waals surface area contributed by atoms with Gasteiger partial charge in [0.1, 0.15) is 0 Å². The molecular formula is C22H23Cl2N3O3S. The van der Waals surface area contributed by atoms with E-state index >= 15 is 0 Å². The van der Waals surface area contributed by atoms with Gasteiger partial charge in [-0.2, -0.15) is 0 Å². The monoisotopic (exact) mass is 479 g/mol. The first-order chi connectivity index (χ1) is 14.8. The molecule has 0 bridgehead atoms. The Balaban J connectivity index is 1.80. The van der Waals surface area contributed by atoms with Gasteiger partial charge in [-0.1, -0.05) is 53.2 Å². The number of carbonyl (C=O) groups is 1. The van der Waals surface area contributed by atoms with Crippen molar-refractivity contribution >= 4 is 51.8 Å². The standard InChI is InChI=1S/C22H23Cl2N3O3S/c1-13(11-30-3)27-21(29)17-6-4-5-7-19(17)26-22(27)31-12-20(28)25-14(2)16-9-8-15(23)10-18(16)24/h4-10,13-14H,11-12H2,1-3H3,(H,25,28). The largest absolute Gasteiger partial charge is 0.383 e. The lowest BCUT2D eigenvalue weighted by Crippen LogP contribution is -2.30. The van der Waals surface area contributed by atoms with Crippen LogP contribution in [0.15, 0.2) is 52.4 Å². The van der Waals surface area contributed by atoms with Crippen molar-refractivity contribution in [2.24, 2.45) is 0 Å². The van der Waals surface area contributed by atoms with Crippen molar-refractivity contribution in [3.05, 3.63) is 68.4 Å². The van der Waals surface area contributed by atoms with Gasteiger partial charge in [0.15, 0.2) is 5.16 Å². The SMILES string of the molecule is COCC(C)n1c(SCC(=O)NC(C)c2ccc(Cl)cc2Cl)nc2ccccc2c1=O. The minimum atomic E-state index is -0.294. The fourth-order valence-corrected chi connectivity index (χ4v) is 4.76. The summed E-state index contributed by atoms with van der Waals surface area (Å²) in [6.07, 6.45) is 0. The van der Waals surface area contributed by atoms with E-state index in [-0.39, 0.29) is 29.3 Å². The first-order valence-corrected chi connectivity index (χ1v) is 11.4. The second kappa shape index (κ2) is 10.5. The van der Waals surface area contributed by atoms with E-state index in [0.717, 1.165) is 5.56 Å². The molecule has 3 rings (SSSR count). The molecule has 2 aromatic carbocycles. The number of amides is 1. The number of fused-ring (bicyclic) bond motifs is 1. The zero-order valence-electron chi connectivity index (χ0n) is 17.4. The maximum absolute atomic E-state index is 13.1. The molecular weight excluding hydrogens is 457 g/mol. The predicted molar refractivity (Wildman–Crippen MR) is 126 cm³/mol. The predicted octanol–water partition coefficient (Wildman–Crippen LogP) is 4.88. The van der Waals surface area contributed by atoms with Gasteiger partial charge < -0.3 is 10.1 Å². The number of nitrogens with one attached hydrogen (secondary N) is 1. The fraction of sp³-hybridized carbons (Fsp3) is 0.318. The minimum absolute atomic E-state index is 0.0973. The summed E-state index contributed by atoms with van der Waals surface area (Å²) in [4.78, 5) is 30.3. The number of halogens is 2. The third-order valence-electron chi connectivity index (χ3n) is 4.76. The molecule has 6 nitrogen and oxygen atoms in total. The van der Waals surface area contributed by atoms with Crippen LogP contribution in [0.5, 0.6) is 0 Å². The summed E-state index contributed by atoms with van der Waals surface area (Å²) in [5.41, 5.74) is 1.22. The highest BCUT2D eigenvalue weighted by atomic mass is 35.5. The van der Waals surface area contributed by atoms with Gasteiger partial charge >= 0.3 is 0 Å². The molecule has 0 aliphatic carbocycles. The normalized spacial score (nSPS) is 13.2. The number of thioether (sulfide) groups is 1. The van der Waals surface area contributed by atoms with Crippen LogP contribution in [0.3, 0.4) is 0 Å². The van der Waals surface area contributed by atoms with Crippen molar-refractivity contribution in [1.29, 1.82) is 0 Å². The Morgan fingerprint density at radius 2 is 1.97 bits per heavy atom.